The molecular weight excluding hydrogens is 408 g/mol. The van der Waals surface area contributed by atoms with Gasteiger partial charge in [-0.25, -0.2) is 4.79 Å². The normalized spacial score (nSPS) is 20.1. The van der Waals surface area contributed by atoms with Crippen LogP contribution in [0.1, 0.15) is 49.5 Å². The smallest absolute Gasteiger partial charge is 0.410 e. The lowest BCUT2D eigenvalue weighted by Gasteiger charge is -2.31. The molecule has 5 rings (SSSR count). The fourth-order valence-corrected chi connectivity index (χ4v) is 4.41. The van der Waals surface area contributed by atoms with Gasteiger partial charge >= 0.3 is 6.09 Å². The fourth-order valence-electron chi connectivity index (χ4n) is 4.41. The maximum absolute atomic E-state index is 12.5. The molecule has 3 aliphatic rings. The number of fused-ring (bicyclic) bond motifs is 1. The zero-order chi connectivity index (χ0) is 22.1. The summed E-state index contributed by atoms with van der Waals surface area (Å²) >= 11 is 0. The van der Waals surface area contributed by atoms with E-state index in [0.717, 1.165) is 38.8 Å². The van der Waals surface area contributed by atoms with Crippen LogP contribution in [-0.2, 0) is 24.4 Å². The van der Waals surface area contributed by atoms with Crippen molar-refractivity contribution in [2.24, 2.45) is 5.92 Å². The molecule has 7 nitrogen and oxygen atoms in total. The molecule has 2 aromatic rings. The maximum atomic E-state index is 12.5. The molecule has 0 spiro atoms. The number of nitrogens with zero attached hydrogens (tertiary/aromatic N) is 2. The average Bonchev–Trinajstić information content (AvgIpc) is 3.36. The van der Waals surface area contributed by atoms with Crippen molar-refractivity contribution in [3.63, 3.8) is 0 Å². The first-order valence-electron chi connectivity index (χ1n) is 11.5. The van der Waals surface area contributed by atoms with Gasteiger partial charge in [-0.3, -0.25) is 9.69 Å². The number of amides is 1. The first-order chi connectivity index (χ1) is 15.5. The Morgan fingerprint density at radius 1 is 1.16 bits per heavy atom. The summed E-state index contributed by atoms with van der Waals surface area (Å²) in [5.74, 6) is 1.20. The third kappa shape index (κ3) is 4.83. The van der Waals surface area contributed by atoms with E-state index in [1.54, 1.807) is 4.90 Å². The molecule has 2 aliphatic heterocycles. The van der Waals surface area contributed by atoms with Crippen molar-refractivity contribution in [2.45, 2.75) is 57.8 Å². The summed E-state index contributed by atoms with van der Waals surface area (Å²) in [7, 11) is 0. The summed E-state index contributed by atoms with van der Waals surface area (Å²) in [4.78, 5) is 28.8. The topological polar surface area (TPSA) is 72.2 Å². The van der Waals surface area contributed by atoms with Crippen LogP contribution in [0.15, 0.2) is 45.8 Å². The lowest BCUT2D eigenvalue weighted by Crippen LogP contribution is -2.41. The highest BCUT2D eigenvalue weighted by Crippen LogP contribution is 2.39. The van der Waals surface area contributed by atoms with Gasteiger partial charge in [0.2, 0.25) is 11.2 Å². The van der Waals surface area contributed by atoms with E-state index >= 15 is 0 Å². The highest BCUT2D eigenvalue weighted by atomic mass is 16.6. The van der Waals surface area contributed by atoms with E-state index in [0.29, 0.717) is 37.9 Å². The highest BCUT2D eigenvalue weighted by molar-refractivity contribution is 5.68. The van der Waals surface area contributed by atoms with E-state index < -0.39 is 0 Å². The second-order valence-corrected chi connectivity index (χ2v) is 9.55. The standard InChI is InChI=1S/C25H30N2O5/c1-25(8-9-25)32-24(29)27-10-6-18(7-11-27)16-31-23-17-30-21(12-22(23)28)15-26-13-19-4-2-3-5-20(19)14-26/h2-5,12,17-18H,6-11,13-16H2,1H3. The Morgan fingerprint density at radius 2 is 1.84 bits per heavy atom. The van der Waals surface area contributed by atoms with Crippen LogP contribution in [0.25, 0.3) is 0 Å². The van der Waals surface area contributed by atoms with Gasteiger partial charge in [-0.1, -0.05) is 24.3 Å². The van der Waals surface area contributed by atoms with Crippen LogP contribution in [0.5, 0.6) is 5.75 Å². The van der Waals surface area contributed by atoms with E-state index in [-0.39, 0.29) is 22.9 Å². The maximum Gasteiger partial charge on any atom is 0.410 e. The van der Waals surface area contributed by atoms with Crippen LogP contribution in [-0.4, -0.2) is 41.2 Å². The van der Waals surface area contributed by atoms with Crippen molar-refractivity contribution < 1.29 is 18.7 Å². The molecule has 0 radical (unpaired) electrons. The monoisotopic (exact) mass is 438 g/mol. The molecule has 0 atom stereocenters. The van der Waals surface area contributed by atoms with Gasteiger partial charge in [-0.15, -0.1) is 0 Å². The minimum atomic E-state index is -0.240. The molecule has 1 aromatic carbocycles. The minimum absolute atomic E-state index is 0.151. The first kappa shape index (κ1) is 21.1. The van der Waals surface area contributed by atoms with Gasteiger partial charge in [0, 0.05) is 32.2 Å². The number of carbonyl (C=O) groups excluding carboxylic acids is 1. The summed E-state index contributed by atoms with van der Waals surface area (Å²) in [5, 5.41) is 0. The minimum Gasteiger partial charge on any atom is -0.486 e. The van der Waals surface area contributed by atoms with Crippen molar-refractivity contribution in [3.8, 4) is 5.75 Å². The lowest BCUT2D eigenvalue weighted by molar-refractivity contribution is 0.0455. The van der Waals surface area contributed by atoms with Crippen molar-refractivity contribution in [1.82, 2.24) is 9.80 Å². The zero-order valence-electron chi connectivity index (χ0n) is 18.5. The average molecular weight is 439 g/mol. The Labute approximate surface area is 187 Å². The van der Waals surface area contributed by atoms with Gasteiger partial charge in [-0.05, 0) is 49.7 Å². The van der Waals surface area contributed by atoms with Gasteiger partial charge in [0.25, 0.3) is 0 Å². The van der Waals surface area contributed by atoms with Gasteiger partial charge in [0.1, 0.15) is 17.6 Å². The molecule has 0 N–H and O–H groups in total. The van der Waals surface area contributed by atoms with Crippen LogP contribution in [0.3, 0.4) is 0 Å². The van der Waals surface area contributed by atoms with Crippen LogP contribution < -0.4 is 10.2 Å². The van der Waals surface area contributed by atoms with Gasteiger partial charge < -0.3 is 18.8 Å². The molecule has 7 heteroatoms. The second-order valence-electron chi connectivity index (χ2n) is 9.55. The van der Waals surface area contributed by atoms with E-state index in [9.17, 15) is 9.59 Å². The molecule has 2 fully saturated rings. The number of hydrogen-bond acceptors (Lipinski definition) is 6. The Kier molecular flexibility index (Phi) is 5.67. The third-order valence-corrected chi connectivity index (χ3v) is 6.77. The summed E-state index contributed by atoms with van der Waals surface area (Å²) in [6.45, 7) is 6.08. The summed E-state index contributed by atoms with van der Waals surface area (Å²) in [5.41, 5.74) is 2.27. The molecule has 170 valence electrons. The molecule has 3 heterocycles. The molecule has 0 bridgehead atoms. The quantitative estimate of drug-likeness (QED) is 0.680. The van der Waals surface area contributed by atoms with Crippen molar-refractivity contribution in [2.75, 3.05) is 19.7 Å². The lowest BCUT2D eigenvalue weighted by atomic mass is 9.98. The number of rotatable bonds is 6. The fraction of sp³-hybridized carbons (Fsp3) is 0.520. The Morgan fingerprint density at radius 3 is 2.47 bits per heavy atom. The van der Waals surface area contributed by atoms with Crippen molar-refractivity contribution in [1.29, 1.82) is 0 Å². The molecule has 32 heavy (non-hydrogen) atoms. The third-order valence-electron chi connectivity index (χ3n) is 6.77. The number of likely N-dealkylation sites (tertiary alicyclic amines) is 1. The zero-order valence-corrected chi connectivity index (χ0v) is 18.5. The molecule has 1 aromatic heterocycles. The highest BCUT2D eigenvalue weighted by Gasteiger charge is 2.43. The SMILES string of the molecule is CC1(OC(=O)N2CCC(COc3coc(CN4Cc5ccccc5C4)cc3=O)CC2)CC1. The van der Waals surface area contributed by atoms with E-state index in [1.807, 2.05) is 6.92 Å². The predicted molar refractivity (Wildman–Crippen MR) is 118 cm³/mol. The first-order valence-corrected chi connectivity index (χ1v) is 11.5. The number of ether oxygens (including phenoxy) is 2. The molecule has 1 aliphatic carbocycles. The molecular formula is C25H30N2O5. The largest absolute Gasteiger partial charge is 0.486 e. The predicted octanol–water partition coefficient (Wildman–Crippen LogP) is 3.94. The molecule has 1 amide bonds. The summed E-state index contributed by atoms with van der Waals surface area (Å²) < 4.78 is 17.0. The van der Waals surface area contributed by atoms with Crippen LogP contribution >= 0.6 is 0 Å². The molecule has 1 saturated heterocycles. The van der Waals surface area contributed by atoms with E-state index in [1.165, 1.54) is 23.5 Å². The second kappa shape index (κ2) is 8.62. The van der Waals surface area contributed by atoms with Crippen LogP contribution in [0.2, 0.25) is 0 Å². The van der Waals surface area contributed by atoms with Crippen molar-refractivity contribution >= 4 is 6.09 Å². The van der Waals surface area contributed by atoms with Gasteiger partial charge in [0.05, 0.1) is 13.2 Å². The molecule has 1 saturated carbocycles. The Balaban J connectivity index is 1.08. The van der Waals surface area contributed by atoms with Gasteiger partial charge in [-0.2, -0.15) is 0 Å². The molecule has 0 unspecified atom stereocenters. The van der Waals surface area contributed by atoms with Crippen LogP contribution in [0.4, 0.5) is 4.79 Å². The van der Waals surface area contributed by atoms with Crippen LogP contribution in [0, 0.1) is 5.92 Å². The summed E-state index contributed by atoms with van der Waals surface area (Å²) in [6, 6.07) is 9.93. The number of carbonyl (C=O) groups is 1. The number of piperidine rings is 1. The Bertz CT molecular complexity index is 1010. The number of hydrogen-bond donors (Lipinski definition) is 0. The summed E-state index contributed by atoms with van der Waals surface area (Å²) in [6.07, 6.45) is 4.81. The van der Waals surface area contributed by atoms with Gasteiger partial charge in [0.15, 0.2) is 0 Å². The van der Waals surface area contributed by atoms with E-state index in [2.05, 4.69) is 29.2 Å². The van der Waals surface area contributed by atoms with Crippen molar-refractivity contribution in [3.05, 3.63) is 63.7 Å². The Hall–Kier alpha value is -2.80. The number of benzene rings is 1. The van der Waals surface area contributed by atoms with E-state index in [4.69, 9.17) is 13.9 Å².